The second-order valence-corrected chi connectivity index (χ2v) is 6.22. The van der Waals surface area contributed by atoms with Crippen LogP contribution in [-0.4, -0.2) is 14.7 Å². The Balaban J connectivity index is 1.63. The van der Waals surface area contributed by atoms with Crippen LogP contribution in [0.2, 0.25) is 0 Å². The summed E-state index contributed by atoms with van der Waals surface area (Å²) in [5, 5.41) is 15.7. The molecule has 0 aliphatic heterocycles. The van der Waals surface area contributed by atoms with Crippen LogP contribution in [0.25, 0.3) is 5.69 Å². The molecule has 1 aromatic heterocycles. The number of hydrogen-bond acceptors (Lipinski definition) is 3. The molecular formula is C20H19N5S. The lowest BCUT2D eigenvalue weighted by atomic mass is 10.1. The second kappa shape index (κ2) is 8.28. The van der Waals surface area contributed by atoms with Crippen LogP contribution in [0.4, 0.5) is 5.69 Å². The Morgan fingerprint density at radius 1 is 1.19 bits per heavy atom. The van der Waals surface area contributed by atoms with Gasteiger partial charge in [-0.1, -0.05) is 30.3 Å². The van der Waals surface area contributed by atoms with Crippen LogP contribution < -0.4 is 10.6 Å². The fraction of sp³-hybridized carbons (Fsp3) is 0.150. The third-order valence-corrected chi connectivity index (χ3v) is 4.26. The van der Waals surface area contributed by atoms with Crippen molar-refractivity contribution in [3.63, 3.8) is 0 Å². The maximum absolute atomic E-state index is 8.72. The fourth-order valence-corrected chi connectivity index (χ4v) is 2.87. The minimum absolute atomic E-state index is 0.410. The highest BCUT2D eigenvalue weighted by Gasteiger charge is 2.07. The summed E-state index contributed by atoms with van der Waals surface area (Å²) in [7, 11) is 0. The number of hydrogen-bond donors (Lipinski definition) is 2. The van der Waals surface area contributed by atoms with E-state index in [4.69, 9.17) is 17.5 Å². The molecule has 2 aromatic carbocycles. The lowest BCUT2D eigenvalue weighted by Crippen LogP contribution is -2.28. The van der Waals surface area contributed by atoms with Gasteiger partial charge in [-0.3, -0.25) is 0 Å². The molecule has 0 aliphatic carbocycles. The number of thiocarbonyl (C=S) groups is 1. The Labute approximate surface area is 158 Å². The number of nitriles is 1. The smallest absolute Gasteiger partial charge is 0.171 e. The molecule has 1 heterocycles. The van der Waals surface area contributed by atoms with Gasteiger partial charge in [-0.15, -0.1) is 0 Å². The van der Waals surface area contributed by atoms with Crippen LogP contribution in [0.5, 0.6) is 0 Å². The van der Waals surface area contributed by atoms with Gasteiger partial charge in [0.15, 0.2) is 5.11 Å². The van der Waals surface area contributed by atoms with Gasteiger partial charge >= 0.3 is 0 Å². The Kier molecular flexibility index (Phi) is 5.62. The predicted octanol–water partition coefficient (Wildman–Crippen LogP) is 3.73. The molecule has 5 nitrogen and oxygen atoms in total. The van der Waals surface area contributed by atoms with Crippen molar-refractivity contribution in [1.82, 2.24) is 14.9 Å². The lowest BCUT2D eigenvalue weighted by Gasteiger charge is -2.14. The first-order valence-corrected chi connectivity index (χ1v) is 8.67. The minimum atomic E-state index is 0.410. The zero-order valence-electron chi connectivity index (χ0n) is 14.4. The van der Waals surface area contributed by atoms with Crippen LogP contribution in [0, 0.1) is 18.3 Å². The lowest BCUT2D eigenvalue weighted by molar-refractivity contribution is 0.885. The molecule has 3 aromatic rings. The molecule has 0 fully saturated rings. The van der Waals surface area contributed by atoms with E-state index in [9.17, 15) is 0 Å². The van der Waals surface area contributed by atoms with Crippen molar-refractivity contribution in [2.45, 2.75) is 19.9 Å². The van der Waals surface area contributed by atoms with E-state index in [2.05, 4.69) is 38.4 Å². The molecule has 0 spiro atoms. The molecule has 0 amide bonds. The molecule has 0 bridgehead atoms. The number of para-hydroxylation sites is 1. The molecular weight excluding hydrogens is 342 g/mol. The number of nitrogens with zero attached hydrogens (tertiary/aromatic N) is 3. The molecule has 0 unspecified atom stereocenters. The number of rotatable bonds is 5. The monoisotopic (exact) mass is 361 g/mol. The van der Waals surface area contributed by atoms with Gasteiger partial charge in [-0.25, -0.2) is 4.98 Å². The Morgan fingerprint density at radius 2 is 1.96 bits per heavy atom. The van der Waals surface area contributed by atoms with Crippen LogP contribution in [0.3, 0.4) is 0 Å². The third-order valence-electron chi connectivity index (χ3n) is 4.01. The number of nitrogens with one attached hydrogen (secondary N) is 2. The summed E-state index contributed by atoms with van der Waals surface area (Å²) in [6, 6.07) is 18.0. The van der Waals surface area contributed by atoms with Gasteiger partial charge in [0.05, 0.1) is 18.2 Å². The van der Waals surface area contributed by atoms with Crippen LogP contribution in [0.15, 0.2) is 60.9 Å². The summed E-state index contributed by atoms with van der Waals surface area (Å²) in [4.78, 5) is 4.29. The maximum atomic E-state index is 8.72. The van der Waals surface area contributed by atoms with Crippen LogP contribution in [-0.2, 0) is 13.0 Å². The number of aryl methyl sites for hydroxylation is 1. The summed E-state index contributed by atoms with van der Waals surface area (Å²) in [6.07, 6.45) is 4.16. The highest BCUT2D eigenvalue weighted by Crippen LogP contribution is 2.16. The van der Waals surface area contributed by atoms with E-state index in [1.54, 1.807) is 6.20 Å². The van der Waals surface area contributed by atoms with Gasteiger partial charge in [0.25, 0.3) is 0 Å². The van der Waals surface area contributed by atoms with Gasteiger partial charge in [-0.05, 0) is 48.5 Å². The van der Waals surface area contributed by atoms with Crippen molar-refractivity contribution in [3.05, 3.63) is 77.9 Å². The zero-order chi connectivity index (χ0) is 18.4. The van der Waals surface area contributed by atoms with Crippen LogP contribution >= 0.6 is 12.2 Å². The van der Waals surface area contributed by atoms with E-state index in [-0.39, 0.29) is 0 Å². The van der Waals surface area contributed by atoms with Crippen molar-refractivity contribution in [1.29, 1.82) is 5.26 Å². The quantitative estimate of drug-likeness (QED) is 0.678. The van der Waals surface area contributed by atoms with E-state index in [0.717, 1.165) is 28.3 Å². The van der Waals surface area contributed by atoms with Crippen molar-refractivity contribution in [3.8, 4) is 11.8 Å². The highest BCUT2D eigenvalue weighted by molar-refractivity contribution is 7.80. The van der Waals surface area contributed by atoms with Crippen molar-refractivity contribution >= 4 is 23.0 Å². The van der Waals surface area contributed by atoms with Crippen LogP contribution in [0.1, 0.15) is 17.0 Å². The normalized spacial score (nSPS) is 10.2. The molecule has 3 rings (SSSR count). The SMILES string of the molecule is Cc1nccn1-c1ccccc1CNC(=S)Nc1ccc(CC#N)cc1. The molecule has 26 heavy (non-hydrogen) atoms. The molecule has 0 radical (unpaired) electrons. The average Bonchev–Trinajstić information content (AvgIpc) is 3.08. The first kappa shape index (κ1) is 17.6. The Bertz CT molecular complexity index is 937. The van der Waals surface area contributed by atoms with E-state index >= 15 is 0 Å². The van der Waals surface area contributed by atoms with Crippen molar-refractivity contribution in [2.24, 2.45) is 0 Å². The van der Waals surface area contributed by atoms with Gasteiger partial charge in [0.2, 0.25) is 0 Å². The number of imidazole rings is 1. The van der Waals surface area contributed by atoms with E-state index in [1.165, 1.54) is 0 Å². The molecule has 2 N–H and O–H groups in total. The van der Waals surface area contributed by atoms with E-state index in [1.807, 2.05) is 49.5 Å². The minimum Gasteiger partial charge on any atom is -0.358 e. The topological polar surface area (TPSA) is 65.7 Å². The summed E-state index contributed by atoms with van der Waals surface area (Å²) in [5.74, 6) is 0.940. The fourth-order valence-electron chi connectivity index (χ4n) is 2.68. The Morgan fingerprint density at radius 3 is 2.65 bits per heavy atom. The largest absolute Gasteiger partial charge is 0.358 e. The summed E-state index contributed by atoms with van der Waals surface area (Å²) in [5.41, 5.74) is 4.09. The van der Waals surface area contributed by atoms with Gasteiger partial charge in [0.1, 0.15) is 5.82 Å². The summed E-state index contributed by atoms with van der Waals surface area (Å²) < 4.78 is 2.06. The number of benzene rings is 2. The standard InChI is InChI=1S/C20H19N5S/c1-15-22-12-13-25(15)19-5-3-2-4-17(19)14-23-20(26)24-18-8-6-16(7-9-18)10-11-21/h2-9,12-13H,10,14H2,1H3,(H2,23,24,26). The van der Waals surface area contributed by atoms with Gasteiger partial charge in [-0.2, -0.15) is 5.26 Å². The first-order chi connectivity index (χ1) is 12.7. The molecule has 0 saturated carbocycles. The maximum Gasteiger partial charge on any atom is 0.171 e. The number of anilines is 1. The molecule has 0 saturated heterocycles. The summed E-state index contributed by atoms with van der Waals surface area (Å²) >= 11 is 5.39. The molecule has 6 heteroatoms. The number of aromatic nitrogens is 2. The van der Waals surface area contributed by atoms with Gasteiger partial charge < -0.3 is 15.2 Å². The summed E-state index contributed by atoms with van der Waals surface area (Å²) in [6.45, 7) is 2.58. The Hall–Kier alpha value is -3.17. The van der Waals surface area contributed by atoms with E-state index < -0.39 is 0 Å². The van der Waals surface area contributed by atoms with Crippen molar-refractivity contribution < 1.29 is 0 Å². The van der Waals surface area contributed by atoms with E-state index in [0.29, 0.717) is 18.1 Å². The average molecular weight is 361 g/mol. The highest BCUT2D eigenvalue weighted by atomic mass is 32.1. The second-order valence-electron chi connectivity index (χ2n) is 5.81. The molecule has 0 aliphatic rings. The van der Waals surface area contributed by atoms with Crippen molar-refractivity contribution in [2.75, 3.05) is 5.32 Å². The van der Waals surface area contributed by atoms with Gasteiger partial charge in [0, 0.05) is 24.6 Å². The molecule has 130 valence electrons. The predicted molar refractivity (Wildman–Crippen MR) is 107 cm³/mol. The third kappa shape index (κ3) is 4.26. The zero-order valence-corrected chi connectivity index (χ0v) is 15.3. The first-order valence-electron chi connectivity index (χ1n) is 8.26. The molecule has 0 atom stereocenters.